The number of rotatable bonds is 1. The molecule has 1 unspecified atom stereocenters. The van der Waals surface area contributed by atoms with Crippen LogP contribution >= 0.6 is 0 Å². The molecule has 1 spiro atoms. The lowest BCUT2D eigenvalue weighted by Crippen LogP contribution is -2.61. The van der Waals surface area contributed by atoms with Gasteiger partial charge in [-0.05, 0) is 43.4 Å². The molecule has 3 aliphatic carbocycles. The fourth-order valence-electron chi connectivity index (χ4n) is 7.66. The van der Waals surface area contributed by atoms with Gasteiger partial charge in [0.25, 0.3) is 0 Å². The number of ether oxygens (including phenoxy) is 2. The number of allylic oxidation sites excluding steroid dienone is 3. The van der Waals surface area contributed by atoms with Crippen molar-refractivity contribution in [3.05, 3.63) is 23.4 Å². The first kappa shape index (κ1) is 18.2. The smallest absolute Gasteiger partial charge is 0.173 e. The highest BCUT2D eigenvalue weighted by molar-refractivity contribution is 5.38. The van der Waals surface area contributed by atoms with Crippen molar-refractivity contribution >= 4 is 0 Å². The Balaban J connectivity index is 1.48. The molecule has 2 aliphatic heterocycles. The maximum absolute atomic E-state index is 6.28. The molecule has 3 heteroatoms. The van der Waals surface area contributed by atoms with Crippen LogP contribution in [0.5, 0.6) is 0 Å². The van der Waals surface area contributed by atoms with Crippen LogP contribution in [0.15, 0.2) is 23.4 Å². The molecule has 0 bridgehead atoms. The van der Waals surface area contributed by atoms with E-state index < -0.39 is 0 Å². The second-order valence-electron chi connectivity index (χ2n) is 10.7. The highest BCUT2D eigenvalue weighted by Gasteiger charge is 2.65. The lowest BCUT2D eigenvalue weighted by molar-refractivity contribution is -0.284. The van der Waals surface area contributed by atoms with Crippen LogP contribution in [0.3, 0.4) is 0 Å². The summed E-state index contributed by atoms with van der Waals surface area (Å²) in [6.45, 7) is 13.9. The van der Waals surface area contributed by atoms with Crippen LogP contribution < -0.4 is 0 Å². The zero-order valence-electron chi connectivity index (χ0n) is 17.8. The van der Waals surface area contributed by atoms with Gasteiger partial charge in [0.05, 0.1) is 13.2 Å². The van der Waals surface area contributed by atoms with E-state index in [1.807, 2.05) is 0 Å². The highest BCUT2D eigenvalue weighted by atomic mass is 16.7. The highest BCUT2D eigenvalue weighted by Crippen LogP contribution is 2.68. The summed E-state index contributed by atoms with van der Waals surface area (Å²) in [5.41, 5.74) is 3.87. The Labute approximate surface area is 165 Å². The Bertz CT molecular complexity index is 680. The van der Waals surface area contributed by atoms with Gasteiger partial charge in [-0.3, -0.25) is 0 Å². The number of likely N-dealkylation sites (tertiary alicyclic amines) is 1. The summed E-state index contributed by atoms with van der Waals surface area (Å²) in [5, 5.41) is 0. The summed E-state index contributed by atoms with van der Waals surface area (Å²) >= 11 is 0. The van der Waals surface area contributed by atoms with Crippen molar-refractivity contribution in [2.24, 2.45) is 22.2 Å². The first-order chi connectivity index (χ1) is 12.8. The lowest BCUT2D eigenvalue weighted by Gasteiger charge is -2.64. The molecule has 2 saturated heterocycles. The summed E-state index contributed by atoms with van der Waals surface area (Å²) in [7, 11) is 0. The Morgan fingerprint density at radius 2 is 1.67 bits per heavy atom. The maximum Gasteiger partial charge on any atom is 0.173 e. The molecular formula is C24H37NO2. The third kappa shape index (κ3) is 2.40. The molecule has 2 saturated carbocycles. The van der Waals surface area contributed by atoms with Crippen LogP contribution in [-0.2, 0) is 9.47 Å². The molecule has 0 aromatic rings. The van der Waals surface area contributed by atoms with Crippen molar-refractivity contribution in [3.63, 3.8) is 0 Å². The first-order valence-electron chi connectivity index (χ1n) is 11.3. The van der Waals surface area contributed by atoms with Gasteiger partial charge in [0.2, 0.25) is 0 Å². The summed E-state index contributed by atoms with van der Waals surface area (Å²) in [5.74, 6) is 0.273. The predicted octanol–water partition coefficient (Wildman–Crippen LogP) is 5.28. The molecule has 0 radical (unpaired) electrons. The van der Waals surface area contributed by atoms with E-state index in [1.54, 1.807) is 11.3 Å². The molecule has 0 aromatic carbocycles. The molecule has 0 N–H and O–H groups in total. The summed E-state index contributed by atoms with van der Waals surface area (Å²) in [4.78, 5) is 2.65. The molecule has 150 valence electrons. The second-order valence-corrected chi connectivity index (χ2v) is 10.7. The molecule has 27 heavy (non-hydrogen) atoms. The van der Waals surface area contributed by atoms with Gasteiger partial charge in [-0.1, -0.05) is 45.4 Å². The van der Waals surface area contributed by atoms with Crippen LogP contribution in [0.4, 0.5) is 0 Å². The molecule has 3 nitrogen and oxygen atoms in total. The molecular weight excluding hydrogens is 334 g/mol. The van der Waals surface area contributed by atoms with E-state index in [0.29, 0.717) is 5.92 Å². The molecule has 5 aliphatic rings. The minimum Gasteiger partial charge on any atom is -0.375 e. The zero-order chi connectivity index (χ0) is 18.9. The minimum absolute atomic E-state index is 0.0532. The van der Waals surface area contributed by atoms with Gasteiger partial charge in [0, 0.05) is 42.5 Å². The van der Waals surface area contributed by atoms with E-state index in [0.717, 1.165) is 26.1 Å². The normalized spacial score (nSPS) is 42.5. The van der Waals surface area contributed by atoms with E-state index in [2.05, 4.69) is 44.7 Å². The van der Waals surface area contributed by atoms with Crippen molar-refractivity contribution in [1.29, 1.82) is 0 Å². The number of hydrogen-bond acceptors (Lipinski definition) is 3. The molecule has 3 atom stereocenters. The average Bonchev–Trinajstić information content (AvgIpc) is 3.31. The SMILES string of the molecule is CC12C=C(N3CCCC3)CC=C1[C@@]1(C)CCC3(OCCO3)C(C)(C)[C@@H]1CC2. The van der Waals surface area contributed by atoms with E-state index in [9.17, 15) is 0 Å². The van der Waals surface area contributed by atoms with Gasteiger partial charge in [-0.25, -0.2) is 0 Å². The second kappa shape index (κ2) is 5.86. The Morgan fingerprint density at radius 1 is 0.963 bits per heavy atom. The number of hydrogen-bond donors (Lipinski definition) is 0. The van der Waals surface area contributed by atoms with Gasteiger partial charge < -0.3 is 14.4 Å². The van der Waals surface area contributed by atoms with Crippen LogP contribution in [0.2, 0.25) is 0 Å². The largest absolute Gasteiger partial charge is 0.375 e. The van der Waals surface area contributed by atoms with Crippen LogP contribution in [0, 0.1) is 22.2 Å². The van der Waals surface area contributed by atoms with Crippen LogP contribution in [0.1, 0.15) is 72.6 Å². The summed E-state index contributed by atoms with van der Waals surface area (Å²) < 4.78 is 12.6. The maximum atomic E-state index is 6.28. The van der Waals surface area contributed by atoms with Crippen LogP contribution in [-0.4, -0.2) is 37.0 Å². The number of fused-ring (bicyclic) bond motifs is 3. The Kier molecular flexibility index (Phi) is 3.96. The van der Waals surface area contributed by atoms with Crippen molar-refractivity contribution in [1.82, 2.24) is 4.90 Å². The quantitative estimate of drug-likeness (QED) is 0.585. The first-order valence-corrected chi connectivity index (χ1v) is 11.3. The standard InChI is InChI=1S/C24H37NO2/c1-21(2)19-9-10-22(3)17-18(25-13-5-6-14-25)7-8-20(22)23(19,4)11-12-24(21)26-15-16-27-24/h8,17,19H,5-7,9-16H2,1-4H3/t19-,22?,23-/m0/s1. The molecule has 5 rings (SSSR count). The van der Waals surface area contributed by atoms with Gasteiger partial charge in [-0.2, -0.15) is 0 Å². The summed E-state index contributed by atoms with van der Waals surface area (Å²) in [6.07, 6.45) is 13.9. The predicted molar refractivity (Wildman–Crippen MR) is 108 cm³/mol. The Hall–Kier alpha value is -0.800. The summed E-state index contributed by atoms with van der Waals surface area (Å²) in [6, 6.07) is 0. The van der Waals surface area contributed by atoms with Gasteiger partial charge in [-0.15, -0.1) is 0 Å². The minimum atomic E-state index is -0.351. The van der Waals surface area contributed by atoms with Gasteiger partial charge >= 0.3 is 0 Å². The van der Waals surface area contributed by atoms with Crippen LogP contribution in [0.25, 0.3) is 0 Å². The van der Waals surface area contributed by atoms with Gasteiger partial charge in [0.15, 0.2) is 5.79 Å². The lowest BCUT2D eigenvalue weighted by atomic mass is 9.43. The third-order valence-corrected chi connectivity index (χ3v) is 9.04. The Morgan fingerprint density at radius 3 is 2.37 bits per heavy atom. The fourth-order valence-corrected chi connectivity index (χ4v) is 7.66. The average molecular weight is 372 g/mol. The van der Waals surface area contributed by atoms with E-state index in [1.165, 1.54) is 45.2 Å². The molecule has 4 fully saturated rings. The third-order valence-electron chi connectivity index (χ3n) is 9.04. The molecule has 0 amide bonds. The fraction of sp³-hybridized carbons (Fsp3) is 0.833. The van der Waals surface area contributed by atoms with E-state index >= 15 is 0 Å². The van der Waals surface area contributed by atoms with E-state index in [-0.39, 0.29) is 22.0 Å². The zero-order valence-corrected chi connectivity index (χ0v) is 17.8. The van der Waals surface area contributed by atoms with Gasteiger partial charge in [0.1, 0.15) is 0 Å². The molecule has 2 heterocycles. The monoisotopic (exact) mass is 371 g/mol. The van der Waals surface area contributed by atoms with Crippen molar-refractivity contribution in [2.75, 3.05) is 26.3 Å². The number of nitrogens with zero attached hydrogens (tertiary/aromatic N) is 1. The van der Waals surface area contributed by atoms with Crippen molar-refractivity contribution in [3.8, 4) is 0 Å². The topological polar surface area (TPSA) is 21.7 Å². The van der Waals surface area contributed by atoms with Crippen molar-refractivity contribution < 1.29 is 9.47 Å². The van der Waals surface area contributed by atoms with Crippen molar-refractivity contribution in [2.45, 2.75) is 78.4 Å². The van der Waals surface area contributed by atoms with E-state index in [4.69, 9.17) is 9.47 Å². The molecule has 0 aromatic heterocycles.